The molecular formula is C18H19ClN4O. The number of anilines is 1. The van der Waals surface area contributed by atoms with Gasteiger partial charge in [-0.05, 0) is 57.9 Å². The lowest BCUT2D eigenvalue weighted by atomic mass is 10.1. The summed E-state index contributed by atoms with van der Waals surface area (Å²) in [6.07, 6.45) is 2.29. The van der Waals surface area contributed by atoms with Gasteiger partial charge in [0.2, 0.25) is 0 Å². The lowest BCUT2D eigenvalue weighted by molar-refractivity contribution is 0.102. The summed E-state index contributed by atoms with van der Waals surface area (Å²) in [4.78, 5) is 12.5. The Morgan fingerprint density at radius 2 is 2.08 bits per heavy atom. The van der Waals surface area contributed by atoms with E-state index in [-0.39, 0.29) is 11.4 Å². The predicted molar refractivity (Wildman–Crippen MR) is 93.3 cm³/mol. The number of carbonyl (C=O) groups excluding carboxylic acids is 1. The van der Waals surface area contributed by atoms with Crippen LogP contribution < -0.4 is 5.32 Å². The van der Waals surface area contributed by atoms with E-state index in [4.69, 9.17) is 16.9 Å². The van der Waals surface area contributed by atoms with Crippen molar-refractivity contribution in [2.75, 3.05) is 5.32 Å². The fraction of sp³-hybridized carbons (Fsp3) is 0.389. The molecule has 24 heavy (non-hydrogen) atoms. The molecular weight excluding hydrogens is 324 g/mol. The third-order valence-electron chi connectivity index (χ3n) is 3.95. The van der Waals surface area contributed by atoms with Crippen LogP contribution in [0.3, 0.4) is 0 Å². The average Bonchev–Trinajstić information content (AvgIpc) is 3.24. The number of rotatable bonds is 3. The average molecular weight is 343 g/mol. The largest absolute Gasteiger partial charge is 0.321 e. The molecule has 2 aromatic rings. The zero-order valence-electron chi connectivity index (χ0n) is 13.9. The quantitative estimate of drug-likeness (QED) is 0.904. The minimum Gasteiger partial charge on any atom is -0.321 e. The van der Waals surface area contributed by atoms with Crippen molar-refractivity contribution in [3.63, 3.8) is 0 Å². The first-order valence-electron chi connectivity index (χ1n) is 7.91. The normalized spacial score (nSPS) is 14.3. The van der Waals surface area contributed by atoms with Gasteiger partial charge >= 0.3 is 0 Å². The third kappa shape index (κ3) is 3.29. The van der Waals surface area contributed by atoms with Crippen LogP contribution in [0.25, 0.3) is 0 Å². The van der Waals surface area contributed by atoms with Gasteiger partial charge in [-0.2, -0.15) is 10.4 Å². The maximum atomic E-state index is 12.5. The molecule has 1 aliphatic carbocycles. The molecule has 0 radical (unpaired) electrons. The molecule has 0 saturated heterocycles. The van der Waals surface area contributed by atoms with E-state index in [2.05, 4.69) is 31.2 Å². The Balaban J connectivity index is 1.85. The second kappa shape index (κ2) is 5.95. The van der Waals surface area contributed by atoms with Gasteiger partial charge < -0.3 is 5.32 Å². The van der Waals surface area contributed by atoms with Gasteiger partial charge in [-0.15, -0.1) is 0 Å². The Labute approximate surface area is 146 Å². The van der Waals surface area contributed by atoms with Gasteiger partial charge in [-0.3, -0.25) is 9.48 Å². The highest BCUT2D eigenvalue weighted by atomic mass is 35.5. The first-order valence-corrected chi connectivity index (χ1v) is 8.29. The van der Waals surface area contributed by atoms with Gasteiger partial charge in [0.1, 0.15) is 6.07 Å². The molecule has 1 aromatic heterocycles. The number of nitrogens with zero attached hydrogens (tertiary/aromatic N) is 3. The van der Waals surface area contributed by atoms with Crippen LogP contribution in [0, 0.1) is 11.3 Å². The Morgan fingerprint density at radius 1 is 1.38 bits per heavy atom. The zero-order valence-corrected chi connectivity index (χ0v) is 14.7. The molecule has 1 aliphatic rings. The third-order valence-corrected chi connectivity index (χ3v) is 4.26. The minimum absolute atomic E-state index is 0.172. The SMILES string of the molecule is CC(C)(C)n1nc(C(=O)Nc2ccc(C#N)c(Cl)c2)cc1C1CC1. The molecule has 1 amide bonds. The predicted octanol–water partition coefficient (Wildman–Crippen LogP) is 4.29. The molecule has 124 valence electrons. The van der Waals surface area contributed by atoms with E-state index in [1.807, 2.05) is 16.8 Å². The molecule has 0 aliphatic heterocycles. The van der Waals surface area contributed by atoms with E-state index in [1.54, 1.807) is 18.2 Å². The van der Waals surface area contributed by atoms with Crippen molar-refractivity contribution in [2.45, 2.75) is 45.1 Å². The van der Waals surface area contributed by atoms with Crippen LogP contribution in [0.1, 0.15) is 61.3 Å². The number of halogens is 1. The van der Waals surface area contributed by atoms with Gasteiger partial charge in [0.25, 0.3) is 5.91 Å². The fourth-order valence-electron chi connectivity index (χ4n) is 2.59. The van der Waals surface area contributed by atoms with Gasteiger partial charge in [0.05, 0.1) is 16.1 Å². The minimum atomic E-state index is -0.277. The number of hydrogen-bond acceptors (Lipinski definition) is 3. The van der Waals surface area contributed by atoms with Gasteiger partial charge in [0.15, 0.2) is 5.69 Å². The van der Waals surface area contributed by atoms with E-state index < -0.39 is 0 Å². The highest BCUT2D eigenvalue weighted by molar-refractivity contribution is 6.32. The first kappa shape index (κ1) is 16.5. The second-order valence-electron chi connectivity index (χ2n) is 7.07. The molecule has 3 rings (SSSR count). The molecule has 1 heterocycles. The molecule has 1 aromatic carbocycles. The summed E-state index contributed by atoms with van der Waals surface area (Å²) in [7, 11) is 0. The van der Waals surface area contributed by atoms with Crippen molar-refractivity contribution in [3.8, 4) is 6.07 Å². The maximum absolute atomic E-state index is 12.5. The first-order chi connectivity index (χ1) is 11.3. The van der Waals surface area contributed by atoms with E-state index in [1.165, 1.54) is 0 Å². The summed E-state index contributed by atoms with van der Waals surface area (Å²) >= 11 is 6.00. The summed E-state index contributed by atoms with van der Waals surface area (Å²) in [6, 6.07) is 8.68. The van der Waals surface area contributed by atoms with E-state index in [0.29, 0.717) is 27.9 Å². The number of hydrogen-bond donors (Lipinski definition) is 1. The second-order valence-corrected chi connectivity index (χ2v) is 7.48. The van der Waals surface area contributed by atoms with Crippen LogP contribution in [0.4, 0.5) is 5.69 Å². The van der Waals surface area contributed by atoms with Crippen LogP contribution in [0.2, 0.25) is 5.02 Å². The van der Waals surface area contributed by atoms with E-state index >= 15 is 0 Å². The molecule has 0 unspecified atom stereocenters. The summed E-state index contributed by atoms with van der Waals surface area (Å²) in [5, 5.41) is 16.5. The maximum Gasteiger partial charge on any atom is 0.276 e. The van der Waals surface area contributed by atoms with Gasteiger partial charge in [-0.25, -0.2) is 0 Å². The van der Waals surface area contributed by atoms with E-state index in [0.717, 1.165) is 18.5 Å². The van der Waals surface area contributed by atoms with Crippen molar-refractivity contribution in [1.82, 2.24) is 9.78 Å². The number of nitriles is 1. The summed E-state index contributed by atoms with van der Waals surface area (Å²) < 4.78 is 1.95. The highest BCUT2D eigenvalue weighted by Gasteiger charge is 2.32. The monoisotopic (exact) mass is 342 g/mol. The number of aromatic nitrogens is 2. The Hall–Kier alpha value is -2.32. The number of nitrogens with one attached hydrogen (secondary N) is 1. The standard InChI is InChI=1S/C18H19ClN4O/c1-18(2,3)23-16(11-4-5-11)9-15(22-23)17(24)21-13-7-6-12(10-20)14(19)8-13/h6-9,11H,4-5H2,1-3H3,(H,21,24). The molecule has 0 atom stereocenters. The lowest BCUT2D eigenvalue weighted by Crippen LogP contribution is -2.25. The smallest absolute Gasteiger partial charge is 0.276 e. The van der Waals surface area contributed by atoms with Crippen LogP contribution in [-0.4, -0.2) is 15.7 Å². The molecule has 0 spiro atoms. The fourth-order valence-corrected chi connectivity index (χ4v) is 2.82. The number of benzene rings is 1. The summed E-state index contributed by atoms with van der Waals surface area (Å²) in [5.41, 5.74) is 2.26. The van der Waals surface area contributed by atoms with Gasteiger partial charge in [0, 0.05) is 17.3 Å². The van der Waals surface area contributed by atoms with Crippen LogP contribution in [0.5, 0.6) is 0 Å². The molecule has 1 N–H and O–H groups in total. The van der Waals surface area contributed by atoms with Crippen LogP contribution in [-0.2, 0) is 5.54 Å². The molecule has 6 heteroatoms. The topological polar surface area (TPSA) is 70.7 Å². The zero-order chi connectivity index (χ0) is 17.5. The van der Waals surface area contributed by atoms with Crippen molar-refractivity contribution in [3.05, 3.63) is 46.2 Å². The molecule has 0 bridgehead atoms. The number of carbonyl (C=O) groups is 1. The van der Waals surface area contributed by atoms with Crippen molar-refractivity contribution < 1.29 is 4.79 Å². The summed E-state index contributed by atoms with van der Waals surface area (Å²) in [6.45, 7) is 6.23. The Bertz CT molecular complexity index is 838. The van der Waals surface area contributed by atoms with Crippen molar-refractivity contribution in [1.29, 1.82) is 5.26 Å². The Kier molecular flexibility index (Phi) is 4.10. The van der Waals surface area contributed by atoms with E-state index in [9.17, 15) is 4.79 Å². The number of amides is 1. The van der Waals surface area contributed by atoms with Crippen LogP contribution in [0.15, 0.2) is 24.3 Å². The molecule has 1 fully saturated rings. The summed E-state index contributed by atoms with van der Waals surface area (Å²) in [5.74, 6) is 0.225. The van der Waals surface area contributed by atoms with Gasteiger partial charge in [-0.1, -0.05) is 11.6 Å². The van der Waals surface area contributed by atoms with Crippen molar-refractivity contribution in [2.24, 2.45) is 0 Å². The lowest BCUT2D eigenvalue weighted by Gasteiger charge is -2.22. The Morgan fingerprint density at radius 3 is 2.62 bits per heavy atom. The van der Waals surface area contributed by atoms with Crippen LogP contribution >= 0.6 is 11.6 Å². The highest BCUT2D eigenvalue weighted by Crippen LogP contribution is 2.41. The molecule has 5 nitrogen and oxygen atoms in total. The molecule has 1 saturated carbocycles. The van der Waals surface area contributed by atoms with Crippen molar-refractivity contribution >= 4 is 23.2 Å².